The van der Waals surface area contributed by atoms with Crippen LogP contribution < -0.4 is 22.1 Å². The fourth-order valence-corrected chi connectivity index (χ4v) is 4.44. The van der Waals surface area contributed by atoms with E-state index in [-0.39, 0.29) is 0 Å². The minimum atomic E-state index is 0.316. The third kappa shape index (κ3) is 5.26. The maximum Gasteiger partial charge on any atom is 0.224 e. The molecule has 176 valence electrons. The SMILES string of the molecule is Nc1cccc(CCCNc2cccc(-c3[nH]nc4nc(NC5CCC(N)CC5)ncc34)n2)c1. The van der Waals surface area contributed by atoms with Gasteiger partial charge in [0.1, 0.15) is 5.82 Å². The number of aromatic nitrogens is 5. The van der Waals surface area contributed by atoms with Crippen LogP contribution in [0.5, 0.6) is 0 Å². The van der Waals surface area contributed by atoms with Crippen molar-refractivity contribution >= 4 is 28.5 Å². The molecule has 4 aromatic rings. The van der Waals surface area contributed by atoms with E-state index in [1.165, 1.54) is 5.56 Å². The van der Waals surface area contributed by atoms with Crippen molar-refractivity contribution in [3.05, 3.63) is 54.2 Å². The lowest BCUT2D eigenvalue weighted by molar-refractivity contribution is 0.410. The second kappa shape index (κ2) is 10.0. The summed E-state index contributed by atoms with van der Waals surface area (Å²) in [4.78, 5) is 13.9. The number of rotatable bonds is 8. The van der Waals surface area contributed by atoms with Crippen molar-refractivity contribution in [3.8, 4) is 11.4 Å². The molecule has 0 aliphatic heterocycles. The van der Waals surface area contributed by atoms with E-state index in [9.17, 15) is 0 Å². The molecule has 0 bridgehead atoms. The lowest BCUT2D eigenvalue weighted by Crippen LogP contribution is -2.33. The Kier molecular flexibility index (Phi) is 6.53. The number of aryl methyl sites for hydroxylation is 1. The molecule has 5 rings (SSSR count). The number of hydrogen-bond donors (Lipinski definition) is 5. The highest BCUT2D eigenvalue weighted by Crippen LogP contribution is 2.26. The fraction of sp³-hybridized carbons (Fsp3) is 0.360. The van der Waals surface area contributed by atoms with Crippen LogP contribution in [0.1, 0.15) is 37.7 Å². The summed E-state index contributed by atoms with van der Waals surface area (Å²) in [7, 11) is 0. The van der Waals surface area contributed by atoms with Gasteiger partial charge >= 0.3 is 0 Å². The molecule has 1 saturated carbocycles. The highest BCUT2D eigenvalue weighted by Gasteiger charge is 2.19. The highest BCUT2D eigenvalue weighted by atomic mass is 15.2. The van der Waals surface area contributed by atoms with Gasteiger partial charge in [-0.15, -0.1) is 0 Å². The van der Waals surface area contributed by atoms with E-state index >= 15 is 0 Å². The lowest BCUT2D eigenvalue weighted by Gasteiger charge is -2.26. The van der Waals surface area contributed by atoms with Gasteiger partial charge in [-0.1, -0.05) is 18.2 Å². The number of H-pyrrole nitrogens is 1. The summed E-state index contributed by atoms with van der Waals surface area (Å²) in [6.45, 7) is 0.819. The lowest BCUT2D eigenvalue weighted by atomic mass is 9.92. The summed E-state index contributed by atoms with van der Waals surface area (Å²) in [6.07, 6.45) is 7.90. The maximum absolute atomic E-state index is 6.01. The molecule has 0 spiro atoms. The molecule has 0 radical (unpaired) electrons. The van der Waals surface area contributed by atoms with Gasteiger partial charge in [-0.25, -0.2) is 9.97 Å². The molecule has 0 amide bonds. The smallest absolute Gasteiger partial charge is 0.224 e. The van der Waals surface area contributed by atoms with Crippen molar-refractivity contribution in [1.29, 1.82) is 0 Å². The molecule has 0 unspecified atom stereocenters. The van der Waals surface area contributed by atoms with Crippen molar-refractivity contribution < 1.29 is 0 Å². The van der Waals surface area contributed by atoms with Crippen molar-refractivity contribution in [2.75, 3.05) is 22.9 Å². The summed E-state index contributed by atoms with van der Waals surface area (Å²) in [5.74, 6) is 1.43. The number of nitrogen functional groups attached to an aromatic ring is 1. The predicted molar refractivity (Wildman–Crippen MR) is 136 cm³/mol. The Morgan fingerprint density at radius 1 is 1.03 bits per heavy atom. The van der Waals surface area contributed by atoms with Crippen molar-refractivity contribution in [3.63, 3.8) is 0 Å². The molecule has 0 atom stereocenters. The predicted octanol–water partition coefficient (Wildman–Crippen LogP) is 3.72. The number of nitrogens with two attached hydrogens (primary N) is 2. The molecule has 3 heterocycles. The van der Waals surface area contributed by atoms with Crippen molar-refractivity contribution in [1.82, 2.24) is 25.1 Å². The van der Waals surface area contributed by atoms with E-state index in [1.807, 2.05) is 42.6 Å². The number of pyridine rings is 1. The van der Waals surface area contributed by atoms with Gasteiger partial charge in [0.15, 0.2) is 5.65 Å². The Balaban J connectivity index is 1.22. The second-order valence-electron chi connectivity index (χ2n) is 8.97. The molecule has 1 aromatic carbocycles. The van der Waals surface area contributed by atoms with Crippen LogP contribution in [0.25, 0.3) is 22.4 Å². The number of nitrogens with one attached hydrogen (secondary N) is 3. The average Bonchev–Trinajstić information content (AvgIpc) is 3.27. The first-order valence-corrected chi connectivity index (χ1v) is 11.9. The summed E-state index contributed by atoms with van der Waals surface area (Å²) >= 11 is 0. The third-order valence-corrected chi connectivity index (χ3v) is 6.32. The van der Waals surface area contributed by atoms with Crippen LogP contribution in [-0.4, -0.2) is 43.8 Å². The molecule has 9 nitrogen and oxygen atoms in total. The van der Waals surface area contributed by atoms with Crippen molar-refractivity contribution in [2.24, 2.45) is 5.73 Å². The molecule has 1 fully saturated rings. The number of hydrogen-bond acceptors (Lipinski definition) is 8. The Hall–Kier alpha value is -3.72. The summed E-state index contributed by atoms with van der Waals surface area (Å²) in [5, 5.41) is 15.2. The van der Waals surface area contributed by atoms with Crippen LogP contribution in [0.2, 0.25) is 0 Å². The molecule has 1 aliphatic carbocycles. The van der Waals surface area contributed by atoms with Crippen LogP contribution >= 0.6 is 0 Å². The third-order valence-electron chi connectivity index (χ3n) is 6.32. The highest BCUT2D eigenvalue weighted by molar-refractivity contribution is 5.89. The number of fused-ring (bicyclic) bond motifs is 1. The quantitative estimate of drug-likeness (QED) is 0.199. The normalized spacial score (nSPS) is 18.1. The molecule has 1 aliphatic rings. The molecule has 34 heavy (non-hydrogen) atoms. The minimum absolute atomic E-state index is 0.316. The van der Waals surface area contributed by atoms with E-state index in [1.54, 1.807) is 0 Å². The van der Waals surface area contributed by atoms with Gasteiger partial charge in [0, 0.05) is 30.5 Å². The van der Waals surface area contributed by atoms with Gasteiger partial charge in [-0.3, -0.25) is 5.10 Å². The molecule has 7 N–H and O–H groups in total. The maximum atomic E-state index is 6.01. The first-order valence-electron chi connectivity index (χ1n) is 11.9. The van der Waals surface area contributed by atoms with Gasteiger partial charge in [-0.2, -0.15) is 10.1 Å². The van der Waals surface area contributed by atoms with Gasteiger partial charge in [0.05, 0.1) is 16.8 Å². The fourth-order valence-electron chi connectivity index (χ4n) is 4.44. The van der Waals surface area contributed by atoms with Crippen LogP contribution in [0, 0.1) is 0 Å². The summed E-state index contributed by atoms with van der Waals surface area (Å²) in [5.41, 5.74) is 16.2. The van der Waals surface area contributed by atoms with E-state index < -0.39 is 0 Å². The van der Waals surface area contributed by atoms with Gasteiger partial charge in [0.2, 0.25) is 5.95 Å². The van der Waals surface area contributed by atoms with E-state index in [0.717, 1.165) is 73.3 Å². The topological polar surface area (TPSA) is 143 Å². The Morgan fingerprint density at radius 3 is 2.74 bits per heavy atom. The van der Waals surface area contributed by atoms with Crippen LogP contribution in [-0.2, 0) is 6.42 Å². The summed E-state index contributed by atoms with van der Waals surface area (Å²) < 4.78 is 0. The standard InChI is InChI=1S/C25H31N9/c26-17-9-11-19(12-10-17)30-25-29-15-20-23(33-34-24(20)32-25)21-7-2-8-22(31-21)28-13-3-5-16-4-1-6-18(27)14-16/h1-2,4,6-8,14-15,17,19H,3,5,9-13,26-27H2,(H,28,31)(H2,29,30,32,33,34). The van der Waals surface area contributed by atoms with Crippen LogP contribution in [0.15, 0.2) is 48.7 Å². The Bertz CT molecular complexity index is 1240. The summed E-state index contributed by atoms with van der Waals surface area (Å²) in [6, 6.07) is 14.6. The zero-order valence-corrected chi connectivity index (χ0v) is 19.2. The number of anilines is 3. The van der Waals surface area contributed by atoms with Crippen molar-refractivity contribution in [2.45, 2.75) is 50.6 Å². The molecule has 9 heteroatoms. The van der Waals surface area contributed by atoms with E-state index in [0.29, 0.717) is 23.7 Å². The van der Waals surface area contributed by atoms with E-state index in [4.69, 9.17) is 16.5 Å². The monoisotopic (exact) mass is 457 g/mol. The molecule has 3 aromatic heterocycles. The van der Waals surface area contributed by atoms with Crippen LogP contribution in [0.3, 0.4) is 0 Å². The van der Waals surface area contributed by atoms with E-state index in [2.05, 4.69) is 36.9 Å². The largest absolute Gasteiger partial charge is 0.399 e. The second-order valence-corrected chi connectivity index (χ2v) is 8.97. The first-order chi connectivity index (χ1) is 16.6. The molecule has 0 saturated heterocycles. The molecular weight excluding hydrogens is 426 g/mol. The average molecular weight is 458 g/mol. The zero-order valence-electron chi connectivity index (χ0n) is 19.2. The number of nitrogens with zero attached hydrogens (tertiary/aromatic N) is 4. The zero-order chi connectivity index (χ0) is 23.3. The Morgan fingerprint density at radius 2 is 1.88 bits per heavy atom. The van der Waals surface area contributed by atoms with Gasteiger partial charge in [0.25, 0.3) is 0 Å². The number of aromatic amines is 1. The number of benzene rings is 1. The molecular formula is C25H31N9. The van der Waals surface area contributed by atoms with Gasteiger partial charge in [-0.05, 0) is 68.4 Å². The first kappa shape index (κ1) is 22.1. The minimum Gasteiger partial charge on any atom is -0.399 e. The van der Waals surface area contributed by atoms with Crippen LogP contribution in [0.4, 0.5) is 17.5 Å². The Labute approximate surface area is 198 Å². The van der Waals surface area contributed by atoms with Gasteiger partial charge < -0.3 is 22.1 Å².